The largest absolute Gasteiger partial charge is 0.315 e. The molecule has 0 aliphatic carbocycles. The van der Waals surface area contributed by atoms with Crippen molar-refractivity contribution in [3.63, 3.8) is 0 Å². The van der Waals surface area contributed by atoms with E-state index < -0.39 is 25.3 Å². The van der Waals surface area contributed by atoms with Crippen molar-refractivity contribution in [1.29, 1.82) is 0 Å². The summed E-state index contributed by atoms with van der Waals surface area (Å²) in [6.45, 7) is 1.01. The highest BCUT2D eigenvalue weighted by Crippen LogP contribution is 2.07. The van der Waals surface area contributed by atoms with E-state index in [0.29, 0.717) is 19.5 Å². The van der Waals surface area contributed by atoms with E-state index in [4.69, 9.17) is 0 Å². The fourth-order valence-corrected chi connectivity index (χ4v) is 3.52. The van der Waals surface area contributed by atoms with Gasteiger partial charge in [0.1, 0.15) is 0 Å². The van der Waals surface area contributed by atoms with Crippen LogP contribution in [-0.4, -0.2) is 54.5 Å². The van der Waals surface area contributed by atoms with E-state index in [1.54, 1.807) is 0 Å². The van der Waals surface area contributed by atoms with E-state index >= 15 is 0 Å². The van der Waals surface area contributed by atoms with Crippen molar-refractivity contribution < 1.29 is 16.8 Å². The lowest BCUT2D eigenvalue weighted by atomic mass is 10.4. The Morgan fingerprint density at radius 2 is 2.00 bits per heavy atom. The van der Waals surface area contributed by atoms with Gasteiger partial charge < -0.3 is 5.32 Å². The van der Waals surface area contributed by atoms with E-state index in [9.17, 15) is 16.8 Å². The van der Waals surface area contributed by atoms with Gasteiger partial charge in [-0.25, -0.2) is 26.3 Å². The molecule has 1 unspecified atom stereocenters. The minimum Gasteiger partial charge on any atom is -0.315 e. The fraction of sp³-hybridized carbons (Fsp3) is 1.00. The lowest BCUT2D eigenvalue weighted by Gasteiger charge is -2.11. The van der Waals surface area contributed by atoms with Crippen molar-refractivity contribution in [1.82, 2.24) is 14.8 Å². The molecular weight excluding hydrogens is 254 g/mol. The van der Waals surface area contributed by atoms with Gasteiger partial charge in [-0.15, -0.1) is 0 Å². The van der Waals surface area contributed by atoms with Gasteiger partial charge in [0.05, 0.1) is 11.0 Å². The molecule has 1 atom stereocenters. The molecule has 1 fully saturated rings. The molecule has 0 aromatic carbocycles. The van der Waals surface area contributed by atoms with Gasteiger partial charge in [-0.2, -0.15) is 0 Å². The molecule has 3 N–H and O–H groups in total. The van der Waals surface area contributed by atoms with Crippen LogP contribution in [0.2, 0.25) is 0 Å². The lowest BCUT2D eigenvalue weighted by molar-refractivity contribution is 0.568. The molecule has 96 valence electrons. The van der Waals surface area contributed by atoms with E-state index in [2.05, 4.69) is 14.8 Å². The van der Waals surface area contributed by atoms with Gasteiger partial charge in [0.2, 0.25) is 20.0 Å². The Kier molecular flexibility index (Phi) is 4.68. The minimum atomic E-state index is -3.40. The first-order valence-electron chi connectivity index (χ1n) is 4.98. The summed E-state index contributed by atoms with van der Waals surface area (Å²) in [5.41, 5.74) is 0. The maximum atomic E-state index is 11.6. The predicted octanol–water partition coefficient (Wildman–Crippen LogP) is -2.18. The molecule has 0 aromatic rings. The van der Waals surface area contributed by atoms with Crippen LogP contribution in [0, 0.1) is 0 Å². The van der Waals surface area contributed by atoms with Gasteiger partial charge in [0.15, 0.2) is 0 Å². The van der Waals surface area contributed by atoms with Crippen LogP contribution >= 0.6 is 0 Å². The van der Waals surface area contributed by atoms with E-state index in [1.807, 2.05) is 0 Å². The third-order valence-corrected chi connectivity index (χ3v) is 5.69. The van der Waals surface area contributed by atoms with Gasteiger partial charge >= 0.3 is 0 Å². The number of nitrogens with one attached hydrogen (secondary N) is 3. The summed E-state index contributed by atoms with van der Waals surface area (Å²) in [5, 5.41) is 2.49. The predicted molar refractivity (Wildman–Crippen MR) is 61.0 cm³/mol. The summed E-state index contributed by atoms with van der Waals surface area (Å²) in [6, 6.07) is 0. The van der Waals surface area contributed by atoms with Crippen LogP contribution in [0.15, 0.2) is 0 Å². The monoisotopic (exact) mass is 271 g/mol. The Morgan fingerprint density at radius 3 is 2.50 bits per heavy atom. The average Bonchev–Trinajstić information content (AvgIpc) is 2.70. The highest BCUT2D eigenvalue weighted by Gasteiger charge is 2.28. The average molecular weight is 271 g/mol. The molecule has 0 radical (unpaired) electrons. The molecule has 9 heteroatoms. The summed E-state index contributed by atoms with van der Waals surface area (Å²) in [4.78, 5) is 0. The first kappa shape index (κ1) is 13.8. The van der Waals surface area contributed by atoms with Crippen LogP contribution in [0.5, 0.6) is 0 Å². The van der Waals surface area contributed by atoms with Crippen molar-refractivity contribution in [2.45, 2.75) is 11.7 Å². The SMILES string of the molecule is CNS(=O)(=O)CCNS(=O)(=O)C1CCNC1. The molecule has 0 amide bonds. The Balaban J connectivity index is 2.43. The van der Waals surface area contributed by atoms with Crippen molar-refractivity contribution in [3.8, 4) is 0 Å². The molecule has 1 aliphatic rings. The molecule has 0 aromatic heterocycles. The summed E-state index contributed by atoms with van der Waals surface area (Å²) in [7, 11) is -5.46. The summed E-state index contributed by atoms with van der Waals surface area (Å²) in [5.74, 6) is -0.247. The van der Waals surface area contributed by atoms with Crippen molar-refractivity contribution in [2.24, 2.45) is 0 Å². The summed E-state index contributed by atoms with van der Waals surface area (Å²) < 4.78 is 49.8. The van der Waals surface area contributed by atoms with Crippen molar-refractivity contribution >= 4 is 20.0 Å². The standard InChI is InChI=1S/C7H17N3O4S2/c1-8-15(11,12)5-4-10-16(13,14)7-2-3-9-6-7/h7-10H,2-6H2,1H3. The Morgan fingerprint density at radius 1 is 1.31 bits per heavy atom. The molecule has 16 heavy (non-hydrogen) atoms. The molecule has 1 rings (SSSR count). The quantitative estimate of drug-likeness (QED) is 0.509. The highest BCUT2D eigenvalue weighted by atomic mass is 32.2. The molecule has 0 spiro atoms. The van der Waals surface area contributed by atoms with E-state index in [1.165, 1.54) is 7.05 Å². The molecule has 1 aliphatic heterocycles. The van der Waals surface area contributed by atoms with E-state index in [0.717, 1.165) is 0 Å². The first-order chi connectivity index (χ1) is 7.37. The minimum absolute atomic E-state index is 0.0952. The smallest absolute Gasteiger partial charge is 0.215 e. The second-order valence-corrected chi connectivity index (χ2v) is 7.67. The Hall–Kier alpha value is -0.220. The summed E-state index contributed by atoms with van der Waals surface area (Å²) >= 11 is 0. The van der Waals surface area contributed by atoms with Crippen LogP contribution in [-0.2, 0) is 20.0 Å². The van der Waals surface area contributed by atoms with E-state index in [-0.39, 0.29) is 12.3 Å². The highest BCUT2D eigenvalue weighted by molar-refractivity contribution is 7.90. The molecule has 0 bridgehead atoms. The van der Waals surface area contributed by atoms with Crippen molar-refractivity contribution in [3.05, 3.63) is 0 Å². The van der Waals surface area contributed by atoms with Crippen LogP contribution in [0.3, 0.4) is 0 Å². The first-order valence-corrected chi connectivity index (χ1v) is 8.18. The number of sulfonamides is 2. The van der Waals surface area contributed by atoms with Gasteiger partial charge in [0.25, 0.3) is 0 Å². The Labute approximate surface area is 96.1 Å². The zero-order valence-electron chi connectivity index (χ0n) is 9.06. The summed E-state index contributed by atoms with van der Waals surface area (Å²) in [6.07, 6.45) is 0.564. The third-order valence-electron chi connectivity index (χ3n) is 2.44. The van der Waals surface area contributed by atoms with Gasteiger partial charge in [-0.05, 0) is 20.0 Å². The maximum Gasteiger partial charge on any atom is 0.215 e. The third kappa shape index (κ3) is 3.98. The second kappa shape index (κ2) is 5.41. The van der Waals surface area contributed by atoms with Gasteiger partial charge in [-0.1, -0.05) is 0 Å². The Bertz CT molecular complexity index is 411. The molecule has 1 saturated heterocycles. The second-order valence-electron chi connectivity index (χ2n) is 3.58. The molecule has 0 saturated carbocycles. The zero-order chi connectivity index (χ0) is 12.2. The van der Waals surface area contributed by atoms with Gasteiger partial charge in [-0.3, -0.25) is 0 Å². The topological polar surface area (TPSA) is 104 Å². The zero-order valence-corrected chi connectivity index (χ0v) is 10.7. The van der Waals surface area contributed by atoms with Crippen LogP contribution in [0.4, 0.5) is 0 Å². The van der Waals surface area contributed by atoms with Crippen LogP contribution in [0.1, 0.15) is 6.42 Å². The van der Waals surface area contributed by atoms with Crippen LogP contribution < -0.4 is 14.8 Å². The lowest BCUT2D eigenvalue weighted by Crippen LogP contribution is -2.39. The molecule has 1 heterocycles. The number of rotatable bonds is 6. The fourth-order valence-electron chi connectivity index (χ4n) is 1.43. The normalized spacial score (nSPS) is 22.4. The number of hydrogen-bond acceptors (Lipinski definition) is 5. The number of hydrogen-bond donors (Lipinski definition) is 3. The van der Waals surface area contributed by atoms with Crippen LogP contribution in [0.25, 0.3) is 0 Å². The maximum absolute atomic E-state index is 11.6. The molecular formula is C7H17N3O4S2. The van der Waals surface area contributed by atoms with Crippen molar-refractivity contribution in [2.75, 3.05) is 32.4 Å². The van der Waals surface area contributed by atoms with Gasteiger partial charge in [0, 0.05) is 13.1 Å². The molecule has 7 nitrogen and oxygen atoms in total.